The number of nitrogens with two attached hydrogens (primary N) is 1. The lowest BCUT2D eigenvalue weighted by molar-refractivity contribution is -0.180. The van der Waals surface area contributed by atoms with Crippen molar-refractivity contribution in [3.8, 4) is 5.75 Å². The number of piperidine rings is 1. The number of esters is 1. The minimum absolute atomic E-state index is 0.0202. The van der Waals surface area contributed by atoms with E-state index in [1.165, 1.54) is 9.94 Å². The molecular weight excluding hydrogens is 1100 g/mol. The van der Waals surface area contributed by atoms with Crippen molar-refractivity contribution in [3.63, 3.8) is 0 Å². The first-order valence-corrected chi connectivity index (χ1v) is 28.6. The monoisotopic (exact) mass is 1170 g/mol. The van der Waals surface area contributed by atoms with E-state index in [0.29, 0.717) is 136 Å². The van der Waals surface area contributed by atoms with Gasteiger partial charge in [-0.25, -0.2) is 18.8 Å². The molecule has 1 aromatic carbocycles. The zero-order chi connectivity index (χ0) is 57.3. The van der Waals surface area contributed by atoms with Crippen LogP contribution in [0.3, 0.4) is 0 Å². The molecule has 0 atom stereocenters. The van der Waals surface area contributed by atoms with E-state index in [2.05, 4.69) is 15.8 Å². The van der Waals surface area contributed by atoms with E-state index in [1.807, 2.05) is 24.8 Å². The van der Waals surface area contributed by atoms with E-state index in [1.54, 1.807) is 11.3 Å². The molecule has 0 radical (unpaired) electrons. The van der Waals surface area contributed by atoms with Gasteiger partial charge in [0.05, 0.1) is 162 Å². The fourth-order valence-electron chi connectivity index (χ4n) is 7.68. The summed E-state index contributed by atoms with van der Waals surface area (Å²) in [4.78, 5) is 49.9. The molecule has 28 heteroatoms. The van der Waals surface area contributed by atoms with Gasteiger partial charge in [-0.05, 0) is 57.1 Å². The van der Waals surface area contributed by atoms with Crippen LogP contribution in [0.4, 0.5) is 23.2 Å². The molecule has 22 nitrogen and oxygen atoms in total. The second-order valence-electron chi connectivity index (χ2n) is 17.6. The third-order valence-corrected chi connectivity index (χ3v) is 13.6. The molecule has 2 aromatic rings. The summed E-state index contributed by atoms with van der Waals surface area (Å²) in [5, 5.41) is 1.42. The largest absolute Gasteiger partial charge is 0.420 e. The van der Waals surface area contributed by atoms with Gasteiger partial charge in [-0.15, -0.1) is 11.3 Å². The van der Waals surface area contributed by atoms with Crippen LogP contribution < -0.4 is 10.5 Å². The van der Waals surface area contributed by atoms with Gasteiger partial charge in [-0.2, -0.15) is 17.2 Å². The number of aliphatic imine (C=N–C) groups is 1. The Morgan fingerprint density at radius 3 is 1.57 bits per heavy atom. The Hall–Kier alpha value is -4.27. The maximum atomic E-state index is 14.0. The van der Waals surface area contributed by atoms with E-state index in [-0.39, 0.29) is 51.3 Å². The van der Waals surface area contributed by atoms with Gasteiger partial charge < -0.3 is 62.7 Å². The summed E-state index contributed by atoms with van der Waals surface area (Å²) in [5.74, 6) is -11.8. The van der Waals surface area contributed by atoms with E-state index >= 15 is 0 Å². The summed E-state index contributed by atoms with van der Waals surface area (Å²) in [6.45, 7) is 12.4. The molecule has 2 amide bonds. The van der Waals surface area contributed by atoms with Crippen molar-refractivity contribution in [2.45, 2.75) is 70.1 Å². The third-order valence-electron chi connectivity index (χ3n) is 11.6. The van der Waals surface area contributed by atoms with Crippen molar-refractivity contribution in [2.75, 3.05) is 158 Å². The molecular formula is C51H76F4N4O18S2. The first-order chi connectivity index (χ1) is 38.1. The molecule has 1 saturated heterocycles. The number of likely N-dealkylation sites (tertiary alicyclic amines) is 1. The summed E-state index contributed by atoms with van der Waals surface area (Å²) < 4.78 is 145. The van der Waals surface area contributed by atoms with E-state index in [4.69, 9.17) is 62.5 Å². The molecule has 3 heterocycles. The van der Waals surface area contributed by atoms with Gasteiger partial charge >= 0.3 is 16.1 Å². The number of amidine groups is 1. The Morgan fingerprint density at radius 1 is 0.696 bits per heavy atom. The number of fused-ring (bicyclic) bond motifs is 1. The SMILES string of the molecule is CCCN(OCC)C(=O)C1=Cc2sc(CCC3CCN(C(=O)CCOCCOCCOCCOCCOCCOCCOCCOCCOCCOCCC(=O)Oc4c(F)c(F)c(S(=O)(=O)O)c(F)c4F)CC3)cc2N=C(N)C1. The molecule has 79 heavy (non-hydrogen) atoms. The number of hydrogen-bond donors (Lipinski definition) is 2. The Labute approximate surface area is 462 Å². The van der Waals surface area contributed by atoms with Gasteiger partial charge in [-0.1, -0.05) is 6.92 Å². The van der Waals surface area contributed by atoms with Crippen LogP contribution in [0.2, 0.25) is 0 Å². The van der Waals surface area contributed by atoms with Crippen molar-refractivity contribution < 1.29 is 102 Å². The second kappa shape index (κ2) is 38.4. The predicted octanol–water partition coefficient (Wildman–Crippen LogP) is 5.24. The van der Waals surface area contributed by atoms with Crippen molar-refractivity contribution in [1.82, 2.24) is 9.96 Å². The number of benzene rings is 1. The van der Waals surface area contributed by atoms with Crippen LogP contribution in [0.25, 0.3) is 6.08 Å². The summed E-state index contributed by atoms with van der Waals surface area (Å²) >= 11 is 1.65. The summed E-state index contributed by atoms with van der Waals surface area (Å²) in [6.07, 6.45) is 6.58. The van der Waals surface area contributed by atoms with Gasteiger partial charge in [0.1, 0.15) is 5.84 Å². The van der Waals surface area contributed by atoms with Gasteiger partial charge in [0.15, 0.2) is 16.5 Å². The summed E-state index contributed by atoms with van der Waals surface area (Å²) in [5.41, 5.74) is 7.60. The van der Waals surface area contributed by atoms with Crippen LogP contribution >= 0.6 is 11.3 Å². The number of halogens is 4. The Morgan fingerprint density at radius 2 is 1.14 bits per heavy atom. The summed E-state index contributed by atoms with van der Waals surface area (Å²) in [7, 11) is -5.65. The zero-order valence-electron chi connectivity index (χ0n) is 45.0. The number of nitrogens with zero attached hydrogens (tertiary/aromatic N) is 3. The maximum Gasteiger partial charge on any atom is 0.313 e. The quantitative estimate of drug-likeness (QED) is 0.0164. The van der Waals surface area contributed by atoms with Crippen molar-refractivity contribution >= 4 is 56.8 Å². The Balaban J connectivity index is 0.839. The molecule has 2 aliphatic rings. The molecule has 1 aromatic heterocycles. The zero-order valence-corrected chi connectivity index (χ0v) is 46.6. The molecule has 0 bridgehead atoms. The number of thiophene rings is 1. The number of amides is 2. The minimum atomic E-state index is -5.65. The third kappa shape index (κ3) is 25.6. The lowest BCUT2D eigenvalue weighted by Gasteiger charge is -2.32. The highest BCUT2D eigenvalue weighted by molar-refractivity contribution is 7.85. The fourth-order valence-corrected chi connectivity index (χ4v) is 9.40. The molecule has 1 fully saturated rings. The molecule has 0 spiro atoms. The predicted molar refractivity (Wildman–Crippen MR) is 279 cm³/mol. The van der Waals surface area contributed by atoms with Crippen molar-refractivity contribution in [3.05, 3.63) is 44.7 Å². The van der Waals surface area contributed by atoms with Crippen LogP contribution in [0, 0.1) is 29.2 Å². The number of hydrogen-bond acceptors (Lipinski definition) is 20. The van der Waals surface area contributed by atoms with Gasteiger partial charge in [0.2, 0.25) is 23.3 Å². The van der Waals surface area contributed by atoms with Gasteiger partial charge in [-0.3, -0.25) is 23.8 Å². The smallest absolute Gasteiger partial charge is 0.313 e. The Bertz CT molecular complexity index is 2290. The van der Waals surface area contributed by atoms with Crippen LogP contribution in [-0.2, 0) is 83.1 Å². The number of carbonyl (C=O) groups is 3. The molecule has 0 saturated carbocycles. The van der Waals surface area contributed by atoms with E-state index in [9.17, 15) is 40.4 Å². The Kier molecular flexibility index (Phi) is 32.7. The molecule has 0 aliphatic carbocycles. The molecule has 448 valence electrons. The van der Waals surface area contributed by atoms with E-state index < -0.39 is 56.4 Å². The normalized spacial score (nSPS) is 14.0. The lowest BCUT2D eigenvalue weighted by atomic mass is 9.92. The molecule has 3 N–H and O–H groups in total. The average Bonchev–Trinajstić information content (AvgIpc) is 3.79. The first kappa shape index (κ1) is 67.2. The first-order valence-electron chi connectivity index (χ1n) is 26.3. The van der Waals surface area contributed by atoms with Crippen molar-refractivity contribution in [1.29, 1.82) is 0 Å². The summed E-state index contributed by atoms with van der Waals surface area (Å²) in [6, 6.07) is 2.08. The fraction of sp³-hybridized carbons (Fsp3) is 0.686. The highest BCUT2D eigenvalue weighted by atomic mass is 32.2. The van der Waals surface area contributed by atoms with Crippen LogP contribution in [0.1, 0.15) is 68.5 Å². The minimum Gasteiger partial charge on any atom is -0.420 e. The lowest BCUT2D eigenvalue weighted by Crippen LogP contribution is -2.39. The number of hydroxylamine groups is 2. The number of ether oxygens (including phenoxy) is 11. The molecule has 0 unspecified atom stereocenters. The van der Waals surface area contributed by atoms with Gasteiger partial charge in [0.25, 0.3) is 5.91 Å². The van der Waals surface area contributed by atoms with E-state index in [0.717, 1.165) is 55.8 Å². The number of carbonyl (C=O) groups excluding carboxylic acids is 3. The van der Waals surface area contributed by atoms with Crippen LogP contribution in [0.15, 0.2) is 21.5 Å². The van der Waals surface area contributed by atoms with Crippen LogP contribution in [0.5, 0.6) is 5.75 Å². The highest BCUT2D eigenvalue weighted by Crippen LogP contribution is 2.37. The standard InChI is InChI=1S/C51H76F4N4O18S2/c1-3-11-59(76-4-2)51(62)38-34-41-40(57-42(56)35-38)36-39(78-41)6-5-37-7-12-58(13-8-37)43(60)9-14-66-16-18-68-20-22-70-24-26-72-28-30-74-32-33-75-31-29-73-27-25-71-23-21-69-19-17-67-15-10-44(61)77-49-45(52)47(54)50(79(63,64)65)48(55)46(49)53/h34,36-37H,3-33,35H2,1-2H3,(H2,56,57)(H,63,64,65). The van der Waals surface area contributed by atoms with Crippen molar-refractivity contribution in [2.24, 2.45) is 16.6 Å². The number of aryl methyl sites for hydroxylation is 1. The number of rotatable bonds is 43. The second-order valence-corrected chi connectivity index (χ2v) is 20.1. The molecule has 2 aliphatic heterocycles. The topological polar surface area (TPSA) is 261 Å². The highest BCUT2D eigenvalue weighted by Gasteiger charge is 2.34. The average molecular weight is 1170 g/mol. The van der Waals surface area contributed by atoms with Gasteiger partial charge in [0, 0.05) is 36.5 Å². The maximum absolute atomic E-state index is 14.0. The molecule has 4 rings (SSSR count). The van der Waals surface area contributed by atoms with Crippen LogP contribution in [-0.4, -0.2) is 205 Å².